The zero-order valence-corrected chi connectivity index (χ0v) is 13.4. The summed E-state index contributed by atoms with van der Waals surface area (Å²) >= 11 is 1.39. The normalized spacial score (nSPS) is 37.0. The zero-order chi connectivity index (χ0) is 15.4. The van der Waals surface area contributed by atoms with Gasteiger partial charge in [0, 0.05) is 7.05 Å². The van der Waals surface area contributed by atoms with Gasteiger partial charge >= 0.3 is 0 Å². The third kappa shape index (κ3) is 3.90. The lowest BCUT2D eigenvalue weighted by Gasteiger charge is -2.40. The fraction of sp³-hybridized carbons (Fsp3) is 0.929. The van der Waals surface area contributed by atoms with Crippen molar-refractivity contribution in [2.45, 2.75) is 74.9 Å². The summed E-state index contributed by atoms with van der Waals surface area (Å²) in [7, 11) is 1.76. The number of nitrogens with one attached hydrogen (secondary N) is 1. The van der Waals surface area contributed by atoms with Crippen LogP contribution in [0.1, 0.15) is 39.0 Å². The van der Waals surface area contributed by atoms with Crippen LogP contribution in [-0.2, 0) is 4.74 Å². The molecule has 0 aromatic carbocycles. The van der Waals surface area contributed by atoms with Gasteiger partial charge in [0.25, 0.3) is 0 Å². The van der Waals surface area contributed by atoms with Gasteiger partial charge in [-0.2, -0.15) is 0 Å². The minimum absolute atomic E-state index is 0.346. The van der Waals surface area contributed by atoms with E-state index in [-0.39, 0.29) is 5.44 Å². The molecule has 0 aromatic heterocycles. The molecule has 122 valence electrons. The van der Waals surface area contributed by atoms with Crippen LogP contribution in [0.3, 0.4) is 0 Å². The monoisotopic (exact) mass is 318 g/mol. The molecule has 0 amide bonds. The first-order valence-corrected chi connectivity index (χ1v) is 8.58. The number of hydrogen-bond acceptors (Lipinski definition) is 7. The fourth-order valence-electron chi connectivity index (χ4n) is 2.77. The molecule has 1 saturated heterocycles. The van der Waals surface area contributed by atoms with E-state index in [1.165, 1.54) is 11.8 Å². The van der Waals surface area contributed by atoms with Crippen LogP contribution in [0.15, 0.2) is 4.99 Å². The molecule has 21 heavy (non-hydrogen) atoms. The standard InChI is InChI=1S/C14H26N2O4S/c1-3-4-5-6-7-8(17)12-11(19)10(18)9-13(20-12)21-14(15-2)16-9/h8-13,17-19H,3-7H2,1-2H3,(H,15,16)/t8-,9+,10+,11-,12+,13+/m0/s1. The van der Waals surface area contributed by atoms with Gasteiger partial charge in [0.05, 0.1) is 6.10 Å². The second-order valence-electron chi connectivity index (χ2n) is 5.66. The number of unbranched alkanes of at least 4 members (excludes halogenated alkanes) is 3. The average Bonchev–Trinajstić information content (AvgIpc) is 2.90. The number of aliphatic imine (C=N–C) groups is 1. The molecule has 1 fully saturated rings. The lowest BCUT2D eigenvalue weighted by Crippen LogP contribution is -2.58. The summed E-state index contributed by atoms with van der Waals surface area (Å²) in [4.78, 5) is 4.29. The summed E-state index contributed by atoms with van der Waals surface area (Å²) < 4.78 is 5.79. The Kier molecular flexibility index (Phi) is 6.31. The molecule has 0 saturated carbocycles. The van der Waals surface area contributed by atoms with Crippen molar-refractivity contribution in [1.29, 1.82) is 0 Å². The van der Waals surface area contributed by atoms with Crippen molar-refractivity contribution in [3.8, 4) is 0 Å². The Morgan fingerprint density at radius 2 is 2.05 bits per heavy atom. The number of thioether (sulfide) groups is 1. The van der Waals surface area contributed by atoms with Crippen molar-refractivity contribution in [3.05, 3.63) is 0 Å². The highest BCUT2D eigenvalue weighted by Gasteiger charge is 2.49. The summed E-state index contributed by atoms with van der Waals surface area (Å²) in [6, 6.07) is -0.476. The zero-order valence-electron chi connectivity index (χ0n) is 12.6. The molecular weight excluding hydrogens is 292 g/mol. The van der Waals surface area contributed by atoms with Gasteiger partial charge in [0.1, 0.15) is 29.8 Å². The van der Waals surface area contributed by atoms with Gasteiger partial charge in [0.15, 0.2) is 5.17 Å². The summed E-state index contributed by atoms with van der Waals surface area (Å²) in [5, 5.41) is 34.2. The van der Waals surface area contributed by atoms with E-state index in [1.807, 2.05) is 0 Å². The molecule has 2 aliphatic rings. The van der Waals surface area contributed by atoms with E-state index in [2.05, 4.69) is 17.2 Å². The van der Waals surface area contributed by atoms with E-state index >= 15 is 0 Å². The van der Waals surface area contributed by atoms with E-state index in [9.17, 15) is 15.3 Å². The number of fused-ring (bicyclic) bond motifs is 1. The molecule has 0 aromatic rings. The highest BCUT2D eigenvalue weighted by Crippen LogP contribution is 2.37. The van der Waals surface area contributed by atoms with Crippen LogP contribution in [0.2, 0.25) is 0 Å². The first-order chi connectivity index (χ1) is 10.1. The molecule has 2 heterocycles. The van der Waals surface area contributed by atoms with Crippen molar-refractivity contribution in [3.63, 3.8) is 0 Å². The molecule has 4 N–H and O–H groups in total. The number of hydrogen-bond donors (Lipinski definition) is 4. The summed E-state index contributed by atoms with van der Waals surface area (Å²) in [6.07, 6.45) is 1.21. The third-order valence-electron chi connectivity index (χ3n) is 4.05. The van der Waals surface area contributed by atoms with Crippen molar-refractivity contribution >= 4 is 16.9 Å². The summed E-state index contributed by atoms with van der Waals surface area (Å²) in [5.74, 6) is 0. The van der Waals surface area contributed by atoms with E-state index in [1.54, 1.807) is 7.05 Å². The lowest BCUT2D eigenvalue weighted by atomic mass is 9.92. The molecule has 6 atom stereocenters. The SMILES string of the molecule is CCCCCC[C@H](O)[C@H]1O[C@@H]2SC(NC)=N[C@@H]2[C@@H](O)[C@@H]1O. The maximum Gasteiger partial charge on any atom is 0.159 e. The Balaban J connectivity index is 1.90. The Morgan fingerprint density at radius 3 is 2.71 bits per heavy atom. The minimum atomic E-state index is -1.10. The minimum Gasteiger partial charge on any atom is -0.390 e. The number of amidine groups is 1. The average molecular weight is 318 g/mol. The molecule has 0 unspecified atom stereocenters. The third-order valence-corrected chi connectivity index (χ3v) is 5.20. The van der Waals surface area contributed by atoms with Crippen LogP contribution in [0.25, 0.3) is 0 Å². The van der Waals surface area contributed by atoms with Gasteiger partial charge in [-0.15, -0.1) is 0 Å². The molecule has 2 aliphatic heterocycles. The maximum atomic E-state index is 10.2. The Morgan fingerprint density at radius 1 is 1.29 bits per heavy atom. The quantitative estimate of drug-likeness (QED) is 0.532. The van der Waals surface area contributed by atoms with Gasteiger partial charge in [-0.05, 0) is 6.42 Å². The van der Waals surface area contributed by atoms with E-state index in [0.29, 0.717) is 11.6 Å². The number of ether oxygens (including phenoxy) is 1. The van der Waals surface area contributed by atoms with Crippen LogP contribution in [0.5, 0.6) is 0 Å². The molecule has 7 heteroatoms. The van der Waals surface area contributed by atoms with E-state index < -0.39 is 30.5 Å². The van der Waals surface area contributed by atoms with E-state index in [0.717, 1.165) is 25.7 Å². The van der Waals surface area contributed by atoms with Crippen LogP contribution in [-0.4, -0.2) is 63.4 Å². The number of aliphatic hydroxyl groups is 3. The highest BCUT2D eigenvalue weighted by atomic mass is 32.2. The molecule has 0 radical (unpaired) electrons. The molecule has 0 bridgehead atoms. The lowest BCUT2D eigenvalue weighted by molar-refractivity contribution is -0.185. The predicted molar refractivity (Wildman–Crippen MR) is 83.3 cm³/mol. The van der Waals surface area contributed by atoms with Gasteiger partial charge in [-0.1, -0.05) is 44.4 Å². The van der Waals surface area contributed by atoms with Gasteiger partial charge in [-0.25, -0.2) is 0 Å². The Bertz CT molecular complexity index is 369. The second-order valence-corrected chi connectivity index (χ2v) is 6.75. The van der Waals surface area contributed by atoms with Gasteiger partial charge < -0.3 is 25.4 Å². The second kappa shape index (κ2) is 7.78. The van der Waals surface area contributed by atoms with Crippen molar-refractivity contribution in [1.82, 2.24) is 5.32 Å². The molecule has 0 aliphatic carbocycles. The number of rotatable bonds is 6. The molecule has 6 nitrogen and oxygen atoms in total. The summed E-state index contributed by atoms with van der Waals surface area (Å²) in [5.41, 5.74) is -0.346. The topological polar surface area (TPSA) is 94.3 Å². The summed E-state index contributed by atoms with van der Waals surface area (Å²) in [6.45, 7) is 2.14. The number of nitrogens with zero attached hydrogens (tertiary/aromatic N) is 1. The van der Waals surface area contributed by atoms with Crippen molar-refractivity contribution in [2.24, 2.45) is 4.99 Å². The Labute approximate surface area is 130 Å². The first kappa shape index (κ1) is 17.0. The smallest absolute Gasteiger partial charge is 0.159 e. The highest BCUT2D eigenvalue weighted by molar-refractivity contribution is 8.14. The Hall–Kier alpha value is -0.340. The van der Waals surface area contributed by atoms with Crippen LogP contribution >= 0.6 is 11.8 Å². The van der Waals surface area contributed by atoms with E-state index in [4.69, 9.17) is 4.74 Å². The predicted octanol–water partition coefficient (Wildman–Crippen LogP) is 0.455. The van der Waals surface area contributed by atoms with Gasteiger partial charge in [0.2, 0.25) is 0 Å². The fourth-order valence-corrected chi connectivity index (χ4v) is 3.84. The van der Waals surface area contributed by atoms with Crippen LogP contribution in [0.4, 0.5) is 0 Å². The maximum absolute atomic E-state index is 10.2. The van der Waals surface area contributed by atoms with Gasteiger partial charge in [-0.3, -0.25) is 4.99 Å². The molecule has 0 spiro atoms. The first-order valence-electron chi connectivity index (χ1n) is 7.70. The largest absolute Gasteiger partial charge is 0.390 e. The molecule has 2 rings (SSSR count). The number of aliphatic hydroxyl groups excluding tert-OH is 3. The molecular formula is C14H26N2O4S. The van der Waals surface area contributed by atoms with Crippen LogP contribution in [0, 0.1) is 0 Å². The van der Waals surface area contributed by atoms with Crippen molar-refractivity contribution in [2.75, 3.05) is 7.05 Å². The van der Waals surface area contributed by atoms with Crippen molar-refractivity contribution < 1.29 is 20.1 Å². The van der Waals surface area contributed by atoms with Crippen LogP contribution < -0.4 is 5.32 Å².